The number of ether oxygens (including phenoxy) is 1. The van der Waals surface area contributed by atoms with Crippen molar-refractivity contribution >= 4 is 0 Å². The Labute approximate surface area is 116 Å². The second-order valence-corrected chi connectivity index (χ2v) is 6.51. The third kappa shape index (κ3) is 3.18. The smallest absolute Gasteiger partial charge is 0.0649 e. The van der Waals surface area contributed by atoms with E-state index in [2.05, 4.69) is 42.6 Å². The second kappa shape index (κ2) is 5.64. The van der Waals surface area contributed by atoms with E-state index < -0.39 is 0 Å². The van der Waals surface area contributed by atoms with Gasteiger partial charge in [0.2, 0.25) is 0 Å². The normalized spacial score (nSPS) is 35.4. The van der Waals surface area contributed by atoms with Crippen molar-refractivity contribution in [2.75, 3.05) is 13.2 Å². The minimum atomic E-state index is 0.268. The molecule has 1 heterocycles. The molecule has 104 valence electrons. The molecule has 1 aromatic carbocycles. The van der Waals surface area contributed by atoms with Gasteiger partial charge in [0.15, 0.2) is 0 Å². The number of nitrogens with one attached hydrogen (secondary N) is 1. The lowest BCUT2D eigenvalue weighted by molar-refractivity contribution is -0.0223. The molecular formula is C17H25NO. The van der Waals surface area contributed by atoms with Crippen LogP contribution in [0.2, 0.25) is 0 Å². The van der Waals surface area contributed by atoms with Crippen LogP contribution in [0.1, 0.15) is 38.2 Å². The molecule has 1 N–H and O–H groups in total. The summed E-state index contributed by atoms with van der Waals surface area (Å²) < 4.78 is 5.92. The minimum Gasteiger partial charge on any atom is -0.378 e. The molecule has 0 amide bonds. The van der Waals surface area contributed by atoms with Gasteiger partial charge in [0, 0.05) is 11.6 Å². The van der Waals surface area contributed by atoms with Gasteiger partial charge in [-0.2, -0.15) is 0 Å². The zero-order chi connectivity index (χ0) is 13.1. The summed E-state index contributed by atoms with van der Waals surface area (Å²) >= 11 is 0. The summed E-state index contributed by atoms with van der Waals surface area (Å²) in [6.07, 6.45) is 6.32. The Hall–Kier alpha value is -0.860. The van der Waals surface area contributed by atoms with Crippen LogP contribution in [0.5, 0.6) is 0 Å². The maximum atomic E-state index is 5.92. The van der Waals surface area contributed by atoms with Crippen LogP contribution in [0.3, 0.4) is 0 Å². The van der Waals surface area contributed by atoms with Gasteiger partial charge < -0.3 is 10.1 Å². The highest BCUT2D eigenvalue weighted by Gasteiger charge is 2.38. The van der Waals surface area contributed by atoms with E-state index in [0.29, 0.717) is 6.04 Å². The molecule has 1 aliphatic heterocycles. The Morgan fingerprint density at radius 2 is 1.95 bits per heavy atom. The van der Waals surface area contributed by atoms with Crippen molar-refractivity contribution in [2.24, 2.45) is 5.92 Å². The first-order valence-corrected chi connectivity index (χ1v) is 7.65. The highest BCUT2D eigenvalue weighted by molar-refractivity contribution is 5.16. The van der Waals surface area contributed by atoms with Gasteiger partial charge in [-0.25, -0.2) is 0 Å². The van der Waals surface area contributed by atoms with Gasteiger partial charge in [-0.05, 0) is 43.6 Å². The fourth-order valence-corrected chi connectivity index (χ4v) is 3.52. The van der Waals surface area contributed by atoms with E-state index >= 15 is 0 Å². The van der Waals surface area contributed by atoms with Crippen LogP contribution >= 0.6 is 0 Å². The molecule has 1 saturated carbocycles. The summed E-state index contributed by atoms with van der Waals surface area (Å²) in [7, 11) is 0. The monoisotopic (exact) mass is 259 g/mol. The van der Waals surface area contributed by atoms with Gasteiger partial charge in [0.05, 0.1) is 13.2 Å². The molecular weight excluding hydrogens is 234 g/mol. The molecule has 1 saturated heterocycles. The standard InChI is InChI=1S/C17H25NO/c1-14-7-9-17(10-8-14)13-19-12-16(18-17)11-15-5-3-2-4-6-15/h2-6,14,16,18H,7-13H2,1H3/t14?,16-,17?/m1/s1. The van der Waals surface area contributed by atoms with Gasteiger partial charge in [0.1, 0.15) is 0 Å². The van der Waals surface area contributed by atoms with E-state index in [4.69, 9.17) is 4.74 Å². The number of rotatable bonds is 2. The molecule has 19 heavy (non-hydrogen) atoms. The maximum Gasteiger partial charge on any atom is 0.0649 e. The van der Waals surface area contributed by atoms with E-state index in [1.165, 1.54) is 31.2 Å². The van der Waals surface area contributed by atoms with Gasteiger partial charge in [0.25, 0.3) is 0 Å². The summed E-state index contributed by atoms with van der Waals surface area (Å²) in [5, 5.41) is 3.91. The Bertz CT molecular complexity index is 395. The lowest BCUT2D eigenvalue weighted by Gasteiger charge is -2.46. The Balaban J connectivity index is 1.62. The molecule has 0 aromatic heterocycles. The Morgan fingerprint density at radius 1 is 1.21 bits per heavy atom. The van der Waals surface area contributed by atoms with Crippen LogP contribution in [0.15, 0.2) is 30.3 Å². The van der Waals surface area contributed by atoms with Crippen LogP contribution < -0.4 is 5.32 Å². The minimum absolute atomic E-state index is 0.268. The molecule has 1 atom stereocenters. The Morgan fingerprint density at radius 3 is 2.68 bits per heavy atom. The number of benzene rings is 1. The predicted molar refractivity (Wildman–Crippen MR) is 78.3 cm³/mol. The highest BCUT2D eigenvalue weighted by Crippen LogP contribution is 2.34. The largest absolute Gasteiger partial charge is 0.378 e. The molecule has 1 aromatic rings. The lowest BCUT2D eigenvalue weighted by atomic mass is 9.76. The first kappa shape index (κ1) is 13.1. The number of hydrogen-bond acceptors (Lipinski definition) is 2. The number of morpholine rings is 1. The summed E-state index contributed by atoms with van der Waals surface area (Å²) in [5.41, 5.74) is 1.68. The predicted octanol–water partition coefficient (Wildman–Crippen LogP) is 3.17. The van der Waals surface area contributed by atoms with Gasteiger partial charge in [-0.1, -0.05) is 37.3 Å². The molecule has 1 aliphatic carbocycles. The van der Waals surface area contributed by atoms with Crippen LogP contribution in [0.25, 0.3) is 0 Å². The van der Waals surface area contributed by atoms with Gasteiger partial charge in [-0.15, -0.1) is 0 Å². The zero-order valence-electron chi connectivity index (χ0n) is 11.9. The van der Waals surface area contributed by atoms with Crippen molar-refractivity contribution in [2.45, 2.75) is 50.6 Å². The summed E-state index contributed by atoms with van der Waals surface area (Å²) in [4.78, 5) is 0. The molecule has 2 heteroatoms. The SMILES string of the molecule is CC1CCC2(CC1)COC[C@@H](Cc1ccccc1)N2. The van der Waals surface area contributed by atoms with Crippen molar-refractivity contribution in [1.82, 2.24) is 5.32 Å². The second-order valence-electron chi connectivity index (χ2n) is 6.51. The average Bonchev–Trinajstić information content (AvgIpc) is 2.44. The van der Waals surface area contributed by atoms with Crippen LogP contribution in [0, 0.1) is 5.92 Å². The van der Waals surface area contributed by atoms with Crippen molar-refractivity contribution < 1.29 is 4.74 Å². The first-order valence-electron chi connectivity index (χ1n) is 7.65. The fourth-order valence-electron chi connectivity index (χ4n) is 3.52. The molecule has 3 rings (SSSR count). The lowest BCUT2D eigenvalue weighted by Crippen LogP contribution is -2.60. The third-order valence-electron chi connectivity index (χ3n) is 4.76. The molecule has 0 bridgehead atoms. The molecule has 0 unspecified atom stereocenters. The van der Waals surface area contributed by atoms with E-state index in [-0.39, 0.29) is 5.54 Å². The molecule has 1 spiro atoms. The van der Waals surface area contributed by atoms with Gasteiger partial charge >= 0.3 is 0 Å². The first-order chi connectivity index (χ1) is 9.26. The maximum absolute atomic E-state index is 5.92. The highest BCUT2D eigenvalue weighted by atomic mass is 16.5. The zero-order valence-corrected chi connectivity index (χ0v) is 11.9. The van der Waals surface area contributed by atoms with E-state index in [0.717, 1.165) is 25.6 Å². The van der Waals surface area contributed by atoms with E-state index in [9.17, 15) is 0 Å². The van der Waals surface area contributed by atoms with Crippen molar-refractivity contribution in [3.63, 3.8) is 0 Å². The summed E-state index contributed by atoms with van der Waals surface area (Å²) in [6.45, 7) is 4.13. The summed E-state index contributed by atoms with van der Waals surface area (Å²) in [6, 6.07) is 11.2. The van der Waals surface area contributed by atoms with Crippen molar-refractivity contribution in [1.29, 1.82) is 0 Å². The Kier molecular flexibility index (Phi) is 3.90. The molecule has 2 nitrogen and oxygen atoms in total. The van der Waals surface area contributed by atoms with Gasteiger partial charge in [-0.3, -0.25) is 0 Å². The van der Waals surface area contributed by atoms with Crippen molar-refractivity contribution in [3.8, 4) is 0 Å². The topological polar surface area (TPSA) is 21.3 Å². The van der Waals surface area contributed by atoms with Crippen LogP contribution in [-0.4, -0.2) is 24.8 Å². The fraction of sp³-hybridized carbons (Fsp3) is 0.647. The van der Waals surface area contributed by atoms with Crippen LogP contribution in [-0.2, 0) is 11.2 Å². The molecule has 2 fully saturated rings. The van der Waals surface area contributed by atoms with E-state index in [1.807, 2.05) is 0 Å². The summed E-state index contributed by atoms with van der Waals surface area (Å²) in [5.74, 6) is 0.891. The van der Waals surface area contributed by atoms with Crippen LogP contribution in [0.4, 0.5) is 0 Å². The molecule has 2 aliphatic rings. The average molecular weight is 259 g/mol. The van der Waals surface area contributed by atoms with E-state index in [1.54, 1.807) is 0 Å². The molecule has 0 radical (unpaired) electrons. The third-order valence-corrected chi connectivity index (χ3v) is 4.76. The van der Waals surface area contributed by atoms with Crippen molar-refractivity contribution in [3.05, 3.63) is 35.9 Å². The quantitative estimate of drug-likeness (QED) is 0.881. The number of hydrogen-bond donors (Lipinski definition) is 1.